The van der Waals surface area contributed by atoms with Crippen molar-refractivity contribution in [2.24, 2.45) is 0 Å². The van der Waals surface area contributed by atoms with Crippen LogP contribution in [0.5, 0.6) is 0 Å². The molecule has 3 rings (SSSR count). The predicted molar refractivity (Wildman–Crippen MR) is 119 cm³/mol. The molecule has 0 fully saturated rings. The maximum absolute atomic E-state index is 12.1. The highest BCUT2D eigenvalue weighted by molar-refractivity contribution is 7.99. The van der Waals surface area contributed by atoms with Crippen molar-refractivity contribution < 1.29 is 4.79 Å². The summed E-state index contributed by atoms with van der Waals surface area (Å²) in [6.45, 7) is 8.15. The van der Waals surface area contributed by atoms with Crippen LogP contribution in [-0.2, 0) is 4.79 Å². The quantitative estimate of drug-likeness (QED) is 0.569. The Balaban J connectivity index is 1.90. The minimum absolute atomic E-state index is 0.0209. The number of aromatic nitrogens is 3. The van der Waals surface area contributed by atoms with E-state index in [2.05, 4.69) is 53.6 Å². The van der Waals surface area contributed by atoms with Crippen molar-refractivity contribution in [2.45, 2.75) is 45.3 Å². The molecule has 3 aromatic rings. The van der Waals surface area contributed by atoms with Gasteiger partial charge in [-0.25, -0.2) is 4.98 Å². The van der Waals surface area contributed by atoms with Gasteiger partial charge < -0.3 is 5.32 Å². The molecular weight excluding hydrogens is 380 g/mol. The lowest BCUT2D eigenvalue weighted by atomic mass is 10.0. The molecular formula is C23H26N4OS. The average Bonchev–Trinajstić information content (AvgIpc) is 2.73. The number of benzene rings is 2. The molecule has 5 nitrogen and oxygen atoms in total. The van der Waals surface area contributed by atoms with E-state index < -0.39 is 0 Å². The number of hydrogen-bond donors (Lipinski definition) is 1. The summed E-state index contributed by atoms with van der Waals surface area (Å²) >= 11 is 1.30. The number of thioether (sulfide) groups is 1. The Kier molecular flexibility index (Phi) is 6.99. The second-order valence-corrected chi connectivity index (χ2v) is 8.13. The first-order chi connectivity index (χ1) is 14.0. The van der Waals surface area contributed by atoms with Gasteiger partial charge in [0.15, 0.2) is 0 Å². The summed E-state index contributed by atoms with van der Waals surface area (Å²) in [4.78, 5) is 16.8. The second kappa shape index (κ2) is 9.65. The topological polar surface area (TPSA) is 67.8 Å². The first-order valence-corrected chi connectivity index (χ1v) is 10.8. The smallest absolute Gasteiger partial charge is 0.230 e. The summed E-state index contributed by atoms with van der Waals surface area (Å²) in [6.07, 6.45) is 0.900. The fourth-order valence-electron chi connectivity index (χ4n) is 2.74. The first-order valence-electron chi connectivity index (χ1n) is 9.77. The molecule has 1 atom stereocenters. The van der Waals surface area contributed by atoms with Gasteiger partial charge in [0.2, 0.25) is 11.1 Å². The van der Waals surface area contributed by atoms with Gasteiger partial charge in [0.1, 0.15) is 11.4 Å². The molecule has 1 aromatic heterocycles. The van der Waals surface area contributed by atoms with E-state index in [1.807, 2.05) is 38.1 Å². The number of carbonyl (C=O) groups excluding carboxylic acids is 1. The maximum Gasteiger partial charge on any atom is 0.230 e. The second-order valence-electron chi connectivity index (χ2n) is 7.19. The minimum Gasteiger partial charge on any atom is -0.353 e. The van der Waals surface area contributed by atoms with E-state index in [1.54, 1.807) is 0 Å². The molecule has 29 heavy (non-hydrogen) atoms. The van der Waals surface area contributed by atoms with Gasteiger partial charge in [0.05, 0.1) is 5.75 Å². The highest BCUT2D eigenvalue weighted by Crippen LogP contribution is 2.30. The third kappa shape index (κ3) is 5.64. The molecule has 0 aliphatic carbocycles. The SMILES string of the molecule is CC[C@@H](C)NC(=O)CSc1nnc(-c2ccc(C)cc2)c(-c2ccc(C)cc2)n1. The standard InChI is InChI=1S/C23H26N4OS/c1-5-17(4)24-20(28)14-29-23-25-21(18-10-6-15(2)7-11-18)22(26-27-23)19-12-8-16(3)9-13-19/h6-13,17H,5,14H2,1-4H3,(H,24,28)/t17-/m1/s1. The van der Waals surface area contributed by atoms with E-state index in [0.717, 1.165) is 28.9 Å². The van der Waals surface area contributed by atoms with Crippen LogP contribution in [0.4, 0.5) is 0 Å². The number of hydrogen-bond acceptors (Lipinski definition) is 5. The van der Waals surface area contributed by atoms with E-state index >= 15 is 0 Å². The van der Waals surface area contributed by atoms with Gasteiger partial charge in [-0.05, 0) is 27.2 Å². The number of carbonyl (C=O) groups is 1. The molecule has 0 saturated heterocycles. The molecule has 6 heteroatoms. The normalized spacial score (nSPS) is 11.9. The lowest BCUT2D eigenvalue weighted by Crippen LogP contribution is -2.33. The number of aryl methyl sites for hydroxylation is 2. The highest BCUT2D eigenvalue weighted by Gasteiger charge is 2.15. The Bertz CT molecular complexity index is 971. The number of amides is 1. The zero-order chi connectivity index (χ0) is 20.8. The predicted octanol–water partition coefficient (Wildman–Crippen LogP) is 4.83. The monoisotopic (exact) mass is 406 g/mol. The van der Waals surface area contributed by atoms with Gasteiger partial charge >= 0.3 is 0 Å². The van der Waals surface area contributed by atoms with Crippen molar-refractivity contribution >= 4 is 17.7 Å². The van der Waals surface area contributed by atoms with Gasteiger partial charge in [-0.1, -0.05) is 78.3 Å². The molecule has 0 unspecified atom stereocenters. The van der Waals surface area contributed by atoms with E-state index in [9.17, 15) is 4.79 Å². The fraction of sp³-hybridized carbons (Fsp3) is 0.304. The van der Waals surface area contributed by atoms with Crippen LogP contribution in [0.3, 0.4) is 0 Å². The number of rotatable bonds is 7. The minimum atomic E-state index is -0.0209. The van der Waals surface area contributed by atoms with Crippen molar-refractivity contribution in [1.29, 1.82) is 0 Å². The van der Waals surface area contributed by atoms with Gasteiger partial charge in [-0.3, -0.25) is 4.79 Å². The summed E-state index contributed by atoms with van der Waals surface area (Å²) in [5.74, 6) is 0.246. The van der Waals surface area contributed by atoms with Crippen molar-refractivity contribution in [3.63, 3.8) is 0 Å². The maximum atomic E-state index is 12.1. The lowest BCUT2D eigenvalue weighted by Gasteiger charge is -2.12. The van der Waals surface area contributed by atoms with Gasteiger partial charge in [-0.2, -0.15) is 0 Å². The van der Waals surface area contributed by atoms with Crippen molar-refractivity contribution in [3.05, 3.63) is 59.7 Å². The van der Waals surface area contributed by atoms with Crippen molar-refractivity contribution in [3.8, 4) is 22.5 Å². The van der Waals surface area contributed by atoms with E-state index in [-0.39, 0.29) is 17.7 Å². The van der Waals surface area contributed by atoms with Crippen LogP contribution in [0.1, 0.15) is 31.4 Å². The lowest BCUT2D eigenvalue weighted by molar-refractivity contribution is -0.119. The molecule has 2 aromatic carbocycles. The summed E-state index contributed by atoms with van der Waals surface area (Å²) in [7, 11) is 0. The van der Waals surface area contributed by atoms with E-state index in [0.29, 0.717) is 5.16 Å². The van der Waals surface area contributed by atoms with E-state index in [4.69, 9.17) is 4.98 Å². The summed E-state index contributed by atoms with van der Waals surface area (Å²) < 4.78 is 0. The number of nitrogens with one attached hydrogen (secondary N) is 1. The third-order valence-corrected chi connectivity index (χ3v) is 5.51. The van der Waals surface area contributed by atoms with Gasteiger partial charge in [0, 0.05) is 17.2 Å². The Labute approximate surface area is 176 Å². The molecule has 0 aliphatic heterocycles. The fourth-order valence-corrected chi connectivity index (χ4v) is 3.34. The van der Waals surface area contributed by atoms with Crippen LogP contribution >= 0.6 is 11.8 Å². The Morgan fingerprint density at radius 3 is 2.03 bits per heavy atom. The van der Waals surface area contributed by atoms with E-state index in [1.165, 1.54) is 22.9 Å². The van der Waals surface area contributed by atoms with Crippen LogP contribution in [0.25, 0.3) is 22.5 Å². The van der Waals surface area contributed by atoms with Crippen LogP contribution in [0.2, 0.25) is 0 Å². The summed E-state index contributed by atoms with van der Waals surface area (Å²) in [5, 5.41) is 12.2. The van der Waals surface area contributed by atoms with Crippen LogP contribution in [-0.4, -0.2) is 32.9 Å². The molecule has 0 saturated carbocycles. The Morgan fingerprint density at radius 1 is 0.931 bits per heavy atom. The zero-order valence-electron chi connectivity index (χ0n) is 17.3. The highest BCUT2D eigenvalue weighted by atomic mass is 32.2. The molecule has 1 heterocycles. The van der Waals surface area contributed by atoms with Crippen LogP contribution in [0.15, 0.2) is 53.7 Å². The van der Waals surface area contributed by atoms with Gasteiger partial charge in [0.25, 0.3) is 0 Å². The van der Waals surface area contributed by atoms with Crippen molar-refractivity contribution in [2.75, 3.05) is 5.75 Å². The largest absolute Gasteiger partial charge is 0.353 e. The molecule has 150 valence electrons. The van der Waals surface area contributed by atoms with Crippen molar-refractivity contribution in [1.82, 2.24) is 20.5 Å². The van der Waals surface area contributed by atoms with Crippen LogP contribution < -0.4 is 5.32 Å². The Hall–Kier alpha value is -2.73. The summed E-state index contributed by atoms with van der Waals surface area (Å²) in [5.41, 5.74) is 5.83. The molecule has 1 amide bonds. The molecule has 0 aliphatic rings. The number of nitrogens with zero attached hydrogens (tertiary/aromatic N) is 3. The molecule has 1 N–H and O–H groups in total. The molecule has 0 radical (unpaired) electrons. The Morgan fingerprint density at radius 2 is 1.48 bits per heavy atom. The van der Waals surface area contributed by atoms with Gasteiger partial charge in [-0.15, -0.1) is 10.2 Å². The first kappa shape index (κ1) is 21.0. The zero-order valence-corrected chi connectivity index (χ0v) is 18.1. The van der Waals surface area contributed by atoms with Crippen LogP contribution in [0, 0.1) is 13.8 Å². The molecule has 0 spiro atoms. The average molecular weight is 407 g/mol. The molecule has 0 bridgehead atoms. The third-order valence-electron chi connectivity index (χ3n) is 4.67. The summed E-state index contributed by atoms with van der Waals surface area (Å²) in [6, 6.07) is 16.5.